The first-order valence-corrected chi connectivity index (χ1v) is 9.93. The van der Waals surface area contributed by atoms with E-state index >= 15 is 0 Å². The molecular weight excluding hydrogens is 368 g/mol. The van der Waals surface area contributed by atoms with Crippen LogP contribution in [0.3, 0.4) is 0 Å². The summed E-state index contributed by atoms with van der Waals surface area (Å²) in [5.41, 5.74) is 8.35. The molecule has 1 aromatic heterocycles. The molecule has 2 N–H and O–H groups in total. The van der Waals surface area contributed by atoms with E-state index < -0.39 is 0 Å². The molecule has 0 aliphatic carbocycles. The fraction of sp³-hybridized carbons (Fsp3) is 0.318. The smallest absolute Gasteiger partial charge is 0.298 e. The zero-order valence-corrected chi connectivity index (χ0v) is 16.4. The maximum absolute atomic E-state index is 12.4. The molecule has 0 saturated carbocycles. The lowest BCUT2D eigenvalue weighted by Gasteiger charge is -2.30. The van der Waals surface area contributed by atoms with Crippen molar-refractivity contribution < 1.29 is 14.0 Å². The van der Waals surface area contributed by atoms with Gasteiger partial charge in [0.05, 0.1) is 0 Å². The first kappa shape index (κ1) is 19.0. The molecule has 2 aromatic carbocycles. The predicted octanol–water partition coefficient (Wildman–Crippen LogP) is 3.07. The minimum Gasteiger partial charge on any atom is -0.423 e. The highest BCUT2D eigenvalue weighted by Gasteiger charge is 2.27. The number of aryl methyl sites for hydroxylation is 1. The SMILES string of the molecule is CCc1ccc(C(=O)NNC(=O)C2CCN(c3nc4ccccc4o3)CC2)cc1. The Morgan fingerprint density at radius 3 is 2.48 bits per heavy atom. The zero-order valence-electron chi connectivity index (χ0n) is 16.4. The van der Waals surface area contributed by atoms with Crippen molar-refractivity contribution in [2.75, 3.05) is 18.0 Å². The van der Waals surface area contributed by atoms with E-state index in [4.69, 9.17) is 4.42 Å². The summed E-state index contributed by atoms with van der Waals surface area (Å²) < 4.78 is 5.80. The molecule has 0 radical (unpaired) electrons. The van der Waals surface area contributed by atoms with Crippen LogP contribution in [0.4, 0.5) is 6.01 Å². The number of anilines is 1. The van der Waals surface area contributed by atoms with Crippen molar-refractivity contribution >= 4 is 28.9 Å². The zero-order chi connectivity index (χ0) is 20.2. The van der Waals surface area contributed by atoms with Gasteiger partial charge in [-0.15, -0.1) is 0 Å². The number of fused-ring (bicyclic) bond motifs is 1. The van der Waals surface area contributed by atoms with Gasteiger partial charge >= 0.3 is 0 Å². The summed E-state index contributed by atoms with van der Waals surface area (Å²) in [6.45, 7) is 3.42. The first-order chi connectivity index (χ1) is 14.1. The Morgan fingerprint density at radius 2 is 1.79 bits per heavy atom. The Labute approximate surface area is 169 Å². The number of hydrazine groups is 1. The summed E-state index contributed by atoms with van der Waals surface area (Å²) in [7, 11) is 0. The van der Waals surface area contributed by atoms with Gasteiger partial charge in [0, 0.05) is 24.6 Å². The summed E-state index contributed by atoms with van der Waals surface area (Å²) in [4.78, 5) is 31.2. The van der Waals surface area contributed by atoms with Crippen LogP contribution in [-0.2, 0) is 11.2 Å². The van der Waals surface area contributed by atoms with E-state index in [0.717, 1.165) is 23.1 Å². The number of amides is 2. The summed E-state index contributed by atoms with van der Waals surface area (Å²) in [6, 6.07) is 15.6. The van der Waals surface area contributed by atoms with Crippen LogP contribution in [0.1, 0.15) is 35.7 Å². The number of benzene rings is 2. The maximum Gasteiger partial charge on any atom is 0.298 e. The van der Waals surface area contributed by atoms with Crippen LogP contribution in [0.2, 0.25) is 0 Å². The fourth-order valence-corrected chi connectivity index (χ4v) is 3.51. The van der Waals surface area contributed by atoms with Crippen LogP contribution >= 0.6 is 0 Å². The van der Waals surface area contributed by atoms with Crippen molar-refractivity contribution in [3.8, 4) is 0 Å². The molecule has 1 saturated heterocycles. The van der Waals surface area contributed by atoms with Gasteiger partial charge in [-0.05, 0) is 49.1 Å². The largest absolute Gasteiger partial charge is 0.423 e. The van der Waals surface area contributed by atoms with Crippen molar-refractivity contribution in [2.45, 2.75) is 26.2 Å². The lowest BCUT2D eigenvalue weighted by Crippen LogP contribution is -2.47. The second-order valence-corrected chi connectivity index (χ2v) is 7.22. The quantitative estimate of drug-likeness (QED) is 0.667. The standard InChI is InChI=1S/C22H24N4O3/c1-2-15-7-9-16(10-8-15)20(27)24-25-21(28)17-11-13-26(14-12-17)22-23-18-5-3-4-6-19(18)29-22/h3-10,17H,2,11-14H2,1H3,(H,24,27)(H,25,28). The number of carbonyl (C=O) groups is 2. The van der Waals surface area contributed by atoms with E-state index in [9.17, 15) is 9.59 Å². The van der Waals surface area contributed by atoms with Gasteiger partial charge in [0.25, 0.3) is 11.9 Å². The summed E-state index contributed by atoms with van der Waals surface area (Å²) in [5.74, 6) is -0.635. The van der Waals surface area contributed by atoms with Gasteiger partial charge in [-0.1, -0.05) is 31.2 Å². The van der Waals surface area contributed by atoms with E-state index in [1.807, 2.05) is 36.4 Å². The lowest BCUT2D eigenvalue weighted by atomic mass is 9.96. The van der Waals surface area contributed by atoms with Gasteiger partial charge in [0.15, 0.2) is 5.58 Å². The molecule has 0 atom stereocenters. The first-order valence-electron chi connectivity index (χ1n) is 9.93. The number of piperidine rings is 1. The van der Waals surface area contributed by atoms with Crippen LogP contribution < -0.4 is 15.8 Å². The Kier molecular flexibility index (Phi) is 5.46. The number of para-hydroxylation sites is 2. The summed E-state index contributed by atoms with van der Waals surface area (Å²) >= 11 is 0. The molecule has 0 bridgehead atoms. The molecule has 0 unspecified atom stereocenters. The molecule has 0 spiro atoms. The van der Waals surface area contributed by atoms with Gasteiger partial charge < -0.3 is 9.32 Å². The van der Waals surface area contributed by atoms with Crippen molar-refractivity contribution in [3.05, 3.63) is 59.7 Å². The van der Waals surface area contributed by atoms with E-state index in [1.54, 1.807) is 12.1 Å². The number of nitrogens with zero attached hydrogens (tertiary/aromatic N) is 2. The van der Waals surface area contributed by atoms with Crippen molar-refractivity contribution in [3.63, 3.8) is 0 Å². The molecule has 3 aromatic rings. The Bertz CT molecular complexity index is 971. The molecule has 7 heteroatoms. The fourth-order valence-electron chi connectivity index (χ4n) is 3.51. The van der Waals surface area contributed by atoms with Crippen LogP contribution in [0.25, 0.3) is 11.1 Å². The van der Waals surface area contributed by atoms with Crippen LogP contribution in [0, 0.1) is 5.92 Å². The molecular formula is C22H24N4O3. The molecule has 1 fully saturated rings. The molecule has 2 amide bonds. The second kappa shape index (κ2) is 8.34. The third-order valence-electron chi connectivity index (χ3n) is 5.34. The normalized spacial score (nSPS) is 14.7. The molecule has 29 heavy (non-hydrogen) atoms. The summed E-state index contributed by atoms with van der Waals surface area (Å²) in [5, 5.41) is 0. The maximum atomic E-state index is 12.4. The Hall–Kier alpha value is -3.35. The van der Waals surface area contributed by atoms with E-state index in [1.165, 1.54) is 0 Å². The number of nitrogens with one attached hydrogen (secondary N) is 2. The van der Waals surface area contributed by atoms with Crippen LogP contribution in [-0.4, -0.2) is 29.9 Å². The van der Waals surface area contributed by atoms with Gasteiger partial charge in [-0.25, -0.2) is 0 Å². The molecule has 7 nitrogen and oxygen atoms in total. The monoisotopic (exact) mass is 392 g/mol. The highest BCUT2D eigenvalue weighted by molar-refractivity contribution is 5.95. The topological polar surface area (TPSA) is 87.5 Å². The number of hydrogen-bond donors (Lipinski definition) is 2. The third kappa shape index (κ3) is 4.23. The average Bonchev–Trinajstić information content (AvgIpc) is 3.22. The van der Waals surface area contributed by atoms with Gasteiger partial charge in [0.2, 0.25) is 5.91 Å². The van der Waals surface area contributed by atoms with Crippen LogP contribution in [0.5, 0.6) is 0 Å². The lowest BCUT2D eigenvalue weighted by molar-refractivity contribution is -0.126. The number of aromatic nitrogens is 1. The number of carbonyl (C=O) groups excluding carboxylic acids is 2. The van der Waals surface area contributed by atoms with E-state index in [-0.39, 0.29) is 17.7 Å². The molecule has 4 rings (SSSR count). The van der Waals surface area contributed by atoms with E-state index in [2.05, 4.69) is 27.7 Å². The number of oxazole rings is 1. The predicted molar refractivity (Wildman–Crippen MR) is 110 cm³/mol. The molecule has 150 valence electrons. The van der Waals surface area contributed by atoms with Crippen molar-refractivity contribution in [1.82, 2.24) is 15.8 Å². The minimum absolute atomic E-state index is 0.154. The molecule has 1 aliphatic heterocycles. The number of rotatable bonds is 4. The summed E-state index contributed by atoms with van der Waals surface area (Å²) in [6.07, 6.45) is 2.26. The van der Waals surface area contributed by atoms with Crippen molar-refractivity contribution in [2.24, 2.45) is 5.92 Å². The minimum atomic E-state index is -0.315. The van der Waals surface area contributed by atoms with Gasteiger partial charge in [-0.2, -0.15) is 4.98 Å². The highest BCUT2D eigenvalue weighted by Crippen LogP contribution is 2.26. The highest BCUT2D eigenvalue weighted by atomic mass is 16.4. The van der Waals surface area contributed by atoms with Crippen molar-refractivity contribution in [1.29, 1.82) is 0 Å². The number of hydrogen-bond acceptors (Lipinski definition) is 5. The van der Waals surface area contributed by atoms with Crippen LogP contribution in [0.15, 0.2) is 52.9 Å². The Morgan fingerprint density at radius 1 is 1.07 bits per heavy atom. The second-order valence-electron chi connectivity index (χ2n) is 7.22. The Balaban J connectivity index is 1.27. The third-order valence-corrected chi connectivity index (χ3v) is 5.34. The van der Waals surface area contributed by atoms with Gasteiger partial charge in [-0.3, -0.25) is 20.4 Å². The molecule has 2 heterocycles. The van der Waals surface area contributed by atoms with E-state index in [0.29, 0.717) is 37.5 Å². The average molecular weight is 392 g/mol. The van der Waals surface area contributed by atoms with Gasteiger partial charge in [0.1, 0.15) is 5.52 Å². The molecule has 1 aliphatic rings.